The number of methoxy groups -OCH3 is 2. The highest BCUT2D eigenvalue weighted by Crippen LogP contribution is 2.35. The molecule has 0 bridgehead atoms. The van der Waals surface area contributed by atoms with Crippen molar-refractivity contribution in [3.8, 4) is 23.0 Å². The van der Waals surface area contributed by atoms with E-state index in [0.717, 1.165) is 0 Å². The van der Waals surface area contributed by atoms with Gasteiger partial charge < -0.3 is 19.3 Å². The average Bonchev–Trinajstić information content (AvgIpc) is 2.48. The lowest BCUT2D eigenvalue weighted by atomic mass is 10.2. The van der Waals surface area contributed by atoms with E-state index in [4.69, 9.17) is 19.3 Å². The van der Waals surface area contributed by atoms with Gasteiger partial charge in [-0.25, -0.2) is 4.79 Å². The van der Waals surface area contributed by atoms with E-state index in [0.29, 0.717) is 17.2 Å². The van der Waals surface area contributed by atoms with E-state index >= 15 is 0 Å². The summed E-state index contributed by atoms with van der Waals surface area (Å²) in [7, 11) is 3.06. The van der Waals surface area contributed by atoms with Gasteiger partial charge in [0, 0.05) is 6.07 Å². The van der Waals surface area contributed by atoms with Crippen molar-refractivity contribution in [3.05, 3.63) is 48.0 Å². The van der Waals surface area contributed by atoms with Gasteiger partial charge in [0.2, 0.25) is 0 Å². The van der Waals surface area contributed by atoms with Gasteiger partial charge in [-0.2, -0.15) is 0 Å². The molecule has 0 amide bonds. The van der Waals surface area contributed by atoms with E-state index in [1.165, 1.54) is 13.2 Å². The van der Waals surface area contributed by atoms with Gasteiger partial charge in [0.15, 0.2) is 11.5 Å². The average molecular weight is 274 g/mol. The monoisotopic (exact) mass is 274 g/mol. The number of hydrogen-bond donors (Lipinski definition) is 1. The highest BCUT2D eigenvalue weighted by atomic mass is 16.5. The quantitative estimate of drug-likeness (QED) is 0.907. The van der Waals surface area contributed by atoms with Crippen LogP contribution in [-0.4, -0.2) is 25.3 Å². The molecule has 0 aromatic heterocycles. The SMILES string of the molecule is COc1ccc(Oc2ccccc2C(=O)O)c(OC)c1. The molecule has 1 N–H and O–H groups in total. The van der Waals surface area contributed by atoms with Crippen molar-refractivity contribution in [2.75, 3.05) is 14.2 Å². The topological polar surface area (TPSA) is 65.0 Å². The molecule has 0 saturated heterocycles. The van der Waals surface area contributed by atoms with Crippen LogP contribution in [0.5, 0.6) is 23.0 Å². The first-order valence-corrected chi connectivity index (χ1v) is 5.88. The number of carboxylic acid groups (broad SMARTS) is 1. The van der Waals surface area contributed by atoms with Crippen LogP contribution in [0.2, 0.25) is 0 Å². The third-order valence-corrected chi connectivity index (χ3v) is 2.71. The van der Waals surface area contributed by atoms with Crippen LogP contribution in [-0.2, 0) is 0 Å². The van der Waals surface area contributed by atoms with Crippen molar-refractivity contribution in [2.24, 2.45) is 0 Å². The summed E-state index contributed by atoms with van der Waals surface area (Å²) >= 11 is 0. The van der Waals surface area contributed by atoms with Gasteiger partial charge in [-0.05, 0) is 24.3 Å². The Balaban J connectivity index is 2.37. The summed E-state index contributed by atoms with van der Waals surface area (Å²) in [5, 5.41) is 9.12. The zero-order valence-electron chi connectivity index (χ0n) is 11.1. The number of hydrogen-bond acceptors (Lipinski definition) is 4. The van der Waals surface area contributed by atoms with Crippen molar-refractivity contribution < 1.29 is 24.1 Å². The first-order valence-electron chi connectivity index (χ1n) is 5.88. The standard InChI is InChI=1S/C15H14O5/c1-18-10-7-8-13(14(9-10)19-2)20-12-6-4-3-5-11(12)15(16)17/h3-9H,1-2H3,(H,16,17). The van der Waals surface area contributed by atoms with Crippen LogP contribution in [0.25, 0.3) is 0 Å². The first kappa shape index (κ1) is 13.7. The number of aromatic carboxylic acids is 1. The van der Waals surface area contributed by atoms with Gasteiger partial charge in [0.1, 0.15) is 17.1 Å². The summed E-state index contributed by atoms with van der Waals surface area (Å²) in [6, 6.07) is 11.5. The van der Waals surface area contributed by atoms with Gasteiger partial charge in [0.25, 0.3) is 0 Å². The second kappa shape index (κ2) is 5.97. The maximum absolute atomic E-state index is 11.1. The molecule has 0 unspecified atom stereocenters. The van der Waals surface area contributed by atoms with Crippen LogP contribution < -0.4 is 14.2 Å². The summed E-state index contributed by atoms with van der Waals surface area (Å²) in [4.78, 5) is 11.1. The van der Waals surface area contributed by atoms with Crippen molar-refractivity contribution in [3.63, 3.8) is 0 Å². The highest BCUT2D eigenvalue weighted by molar-refractivity contribution is 5.90. The Morgan fingerprint density at radius 2 is 1.70 bits per heavy atom. The zero-order chi connectivity index (χ0) is 14.5. The molecule has 0 aliphatic rings. The molecule has 0 aliphatic carbocycles. The molecule has 0 radical (unpaired) electrons. The van der Waals surface area contributed by atoms with Crippen molar-refractivity contribution in [2.45, 2.75) is 0 Å². The highest BCUT2D eigenvalue weighted by Gasteiger charge is 2.13. The molecule has 5 heteroatoms. The molecule has 2 rings (SSSR count). The predicted molar refractivity (Wildman–Crippen MR) is 73.0 cm³/mol. The maximum atomic E-state index is 11.1. The number of benzene rings is 2. The Morgan fingerprint density at radius 1 is 0.950 bits per heavy atom. The summed E-state index contributed by atoms with van der Waals surface area (Å²) < 4.78 is 15.9. The van der Waals surface area contributed by atoms with E-state index in [9.17, 15) is 4.79 Å². The second-order valence-electron chi connectivity index (χ2n) is 3.92. The summed E-state index contributed by atoms with van der Waals surface area (Å²) in [6.45, 7) is 0. The molecule has 0 atom stereocenters. The number of ether oxygens (including phenoxy) is 3. The molecule has 5 nitrogen and oxygen atoms in total. The molecule has 20 heavy (non-hydrogen) atoms. The fraction of sp³-hybridized carbons (Fsp3) is 0.133. The predicted octanol–water partition coefficient (Wildman–Crippen LogP) is 3.19. The number of carbonyl (C=O) groups is 1. The van der Waals surface area contributed by atoms with Crippen LogP contribution in [0.1, 0.15) is 10.4 Å². The van der Waals surface area contributed by atoms with Crippen LogP contribution in [0.3, 0.4) is 0 Å². The Bertz CT molecular complexity index is 621. The van der Waals surface area contributed by atoms with Crippen LogP contribution in [0.4, 0.5) is 0 Å². The van der Waals surface area contributed by atoms with Crippen LogP contribution >= 0.6 is 0 Å². The molecule has 0 fully saturated rings. The summed E-state index contributed by atoms with van der Waals surface area (Å²) in [6.07, 6.45) is 0. The smallest absolute Gasteiger partial charge is 0.339 e. The zero-order valence-corrected chi connectivity index (χ0v) is 11.1. The van der Waals surface area contributed by atoms with Gasteiger partial charge in [-0.3, -0.25) is 0 Å². The van der Waals surface area contributed by atoms with E-state index in [1.54, 1.807) is 43.5 Å². The Kier molecular flexibility index (Phi) is 4.10. The molecule has 0 saturated carbocycles. The fourth-order valence-corrected chi connectivity index (χ4v) is 1.71. The van der Waals surface area contributed by atoms with Crippen LogP contribution in [0.15, 0.2) is 42.5 Å². The minimum absolute atomic E-state index is 0.0883. The second-order valence-corrected chi connectivity index (χ2v) is 3.92. The number of para-hydroxylation sites is 1. The van der Waals surface area contributed by atoms with E-state index < -0.39 is 5.97 Å². The summed E-state index contributed by atoms with van der Waals surface area (Å²) in [5.41, 5.74) is 0.0883. The van der Waals surface area contributed by atoms with Gasteiger partial charge in [0.05, 0.1) is 14.2 Å². The third kappa shape index (κ3) is 2.83. The Labute approximate surface area is 116 Å². The lowest BCUT2D eigenvalue weighted by Crippen LogP contribution is -2.00. The molecule has 0 spiro atoms. The number of carboxylic acids is 1. The van der Waals surface area contributed by atoms with Crippen molar-refractivity contribution >= 4 is 5.97 Å². The van der Waals surface area contributed by atoms with Crippen molar-refractivity contribution in [1.29, 1.82) is 0 Å². The number of rotatable bonds is 5. The lowest BCUT2D eigenvalue weighted by Gasteiger charge is -2.12. The van der Waals surface area contributed by atoms with Gasteiger partial charge >= 0.3 is 5.97 Å². The molecule has 0 heterocycles. The molecule has 104 valence electrons. The van der Waals surface area contributed by atoms with Gasteiger partial charge in [-0.15, -0.1) is 0 Å². The Morgan fingerprint density at radius 3 is 2.35 bits per heavy atom. The van der Waals surface area contributed by atoms with Gasteiger partial charge in [-0.1, -0.05) is 12.1 Å². The molecular formula is C15H14O5. The molecule has 0 aliphatic heterocycles. The maximum Gasteiger partial charge on any atom is 0.339 e. The first-order chi connectivity index (χ1) is 9.65. The molecular weight excluding hydrogens is 260 g/mol. The minimum Gasteiger partial charge on any atom is -0.497 e. The van der Waals surface area contributed by atoms with E-state index in [-0.39, 0.29) is 11.3 Å². The largest absolute Gasteiger partial charge is 0.497 e. The van der Waals surface area contributed by atoms with E-state index in [1.807, 2.05) is 0 Å². The normalized spacial score (nSPS) is 9.90. The molecule has 2 aromatic rings. The van der Waals surface area contributed by atoms with Crippen molar-refractivity contribution in [1.82, 2.24) is 0 Å². The summed E-state index contributed by atoms with van der Waals surface area (Å²) in [5.74, 6) is 0.712. The van der Waals surface area contributed by atoms with E-state index in [2.05, 4.69) is 0 Å². The minimum atomic E-state index is -1.05. The Hall–Kier alpha value is -2.69. The van der Waals surface area contributed by atoms with Crippen LogP contribution in [0, 0.1) is 0 Å². The molecule has 2 aromatic carbocycles. The third-order valence-electron chi connectivity index (χ3n) is 2.71. The lowest BCUT2D eigenvalue weighted by molar-refractivity contribution is 0.0694. The fourth-order valence-electron chi connectivity index (χ4n) is 1.71.